The van der Waals surface area contributed by atoms with Gasteiger partial charge in [-0.15, -0.1) is 0 Å². The average molecular weight is 248 g/mol. The number of aromatic nitrogens is 1. The molecule has 3 nitrogen and oxygen atoms in total. The topological polar surface area (TPSA) is 34.1 Å². The molecule has 3 heteroatoms. The molecule has 0 aliphatic heterocycles. The van der Waals surface area contributed by atoms with Crippen LogP contribution in [-0.4, -0.2) is 18.6 Å². The normalized spacial score (nSPS) is 17.3. The van der Waals surface area contributed by atoms with Gasteiger partial charge in [-0.25, -0.2) is 0 Å². The zero-order valence-corrected chi connectivity index (χ0v) is 12.0. The number of pyridine rings is 1. The summed E-state index contributed by atoms with van der Waals surface area (Å²) in [6.45, 7) is 8.40. The zero-order chi connectivity index (χ0) is 13.2. The molecule has 100 valence electrons. The van der Waals surface area contributed by atoms with Crippen molar-refractivity contribution in [1.29, 1.82) is 0 Å². The van der Waals surface area contributed by atoms with Gasteiger partial charge in [0.15, 0.2) is 0 Å². The van der Waals surface area contributed by atoms with Crippen LogP contribution in [-0.2, 0) is 6.54 Å². The van der Waals surface area contributed by atoms with E-state index >= 15 is 0 Å². The van der Waals surface area contributed by atoms with E-state index in [0.717, 1.165) is 35.7 Å². The predicted octanol–water partition coefficient (Wildman–Crippen LogP) is 2.99. The second-order valence-electron chi connectivity index (χ2n) is 5.81. The highest BCUT2D eigenvalue weighted by Gasteiger charge is 2.30. The van der Waals surface area contributed by atoms with Crippen LogP contribution in [0.25, 0.3) is 0 Å². The van der Waals surface area contributed by atoms with Crippen LogP contribution in [0.15, 0.2) is 6.20 Å². The standard InChI is InChI=1S/C15H24N2O/c1-11-8-17-13(12(2)14(11)18-4)9-16-10-15(3)6-5-7-15/h8,16H,5-7,9-10H2,1-4H3. The van der Waals surface area contributed by atoms with Crippen molar-refractivity contribution in [3.8, 4) is 5.75 Å². The third-order valence-corrected chi connectivity index (χ3v) is 4.15. The van der Waals surface area contributed by atoms with Crippen molar-refractivity contribution in [2.75, 3.05) is 13.7 Å². The molecule has 1 N–H and O–H groups in total. The maximum atomic E-state index is 5.43. The Morgan fingerprint density at radius 1 is 1.39 bits per heavy atom. The highest BCUT2D eigenvalue weighted by molar-refractivity contribution is 5.40. The molecule has 1 aliphatic carbocycles. The minimum absolute atomic E-state index is 0.517. The Kier molecular flexibility index (Phi) is 3.91. The number of hydrogen-bond acceptors (Lipinski definition) is 3. The molecule has 0 radical (unpaired) electrons. The minimum atomic E-state index is 0.517. The van der Waals surface area contributed by atoms with E-state index in [1.54, 1.807) is 7.11 Å². The van der Waals surface area contributed by atoms with Crippen molar-refractivity contribution in [2.45, 2.75) is 46.6 Å². The second-order valence-corrected chi connectivity index (χ2v) is 5.81. The van der Waals surface area contributed by atoms with E-state index in [2.05, 4.69) is 24.1 Å². The van der Waals surface area contributed by atoms with Crippen LogP contribution >= 0.6 is 0 Å². The Bertz CT molecular complexity index is 425. The largest absolute Gasteiger partial charge is 0.496 e. The van der Waals surface area contributed by atoms with Gasteiger partial charge >= 0.3 is 0 Å². The first kappa shape index (κ1) is 13.3. The number of hydrogen-bond donors (Lipinski definition) is 1. The molecule has 0 bridgehead atoms. The van der Waals surface area contributed by atoms with Crippen LogP contribution in [0.1, 0.15) is 43.0 Å². The quantitative estimate of drug-likeness (QED) is 0.870. The summed E-state index contributed by atoms with van der Waals surface area (Å²) in [7, 11) is 1.72. The first-order valence-corrected chi connectivity index (χ1v) is 6.75. The average Bonchev–Trinajstić information content (AvgIpc) is 2.30. The fourth-order valence-corrected chi connectivity index (χ4v) is 2.69. The van der Waals surface area contributed by atoms with Gasteiger partial charge in [0.1, 0.15) is 5.75 Å². The first-order valence-electron chi connectivity index (χ1n) is 6.75. The zero-order valence-electron chi connectivity index (χ0n) is 12.0. The molecule has 1 aliphatic rings. The number of nitrogens with one attached hydrogen (secondary N) is 1. The lowest BCUT2D eigenvalue weighted by molar-refractivity contribution is 0.156. The van der Waals surface area contributed by atoms with Crippen molar-refractivity contribution in [3.63, 3.8) is 0 Å². The van der Waals surface area contributed by atoms with Gasteiger partial charge in [-0.2, -0.15) is 0 Å². The minimum Gasteiger partial charge on any atom is -0.496 e. The molecule has 1 fully saturated rings. The summed E-state index contributed by atoms with van der Waals surface area (Å²) in [6, 6.07) is 0. The van der Waals surface area contributed by atoms with Crippen LogP contribution in [0.3, 0.4) is 0 Å². The fraction of sp³-hybridized carbons (Fsp3) is 0.667. The van der Waals surface area contributed by atoms with Gasteiger partial charge in [-0.3, -0.25) is 4.98 Å². The van der Waals surface area contributed by atoms with Crippen molar-refractivity contribution < 1.29 is 4.74 Å². The first-order chi connectivity index (χ1) is 8.56. The SMILES string of the molecule is COc1c(C)cnc(CNCC2(C)CCC2)c1C. The summed E-state index contributed by atoms with van der Waals surface area (Å²) in [4.78, 5) is 4.51. The van der Waals surface area contributed by atoms with Gasteiger partial charge in [-0.05, 0) is 32.1 Å². The van der Waals surface area contributed by atoms with E-state index in [1.165, 1.54) is 19.3 Å². The molecule has 0 amide bonds. The van der Waals surface area contributed by atoms with Gasteiger partial charge in [0.25, 0.3) is 0 Å². The van der Waals surface area contributed by atoms with Crippen LogP contribution in [0.5, 0.6) is 5.75 Å². The van der Waals surface area contributed by atoms with Gasteiger partial charge in [0, 0.05) is 30.4 Å². The Morgan fingerprint density at radius 2 is 2.11 bits per heavy atom. The van der Waals surface area contributed by atoms with Crippen molar-refractivity contribution in [2.24, 2.45) is 5.41 Å². The van der Waals surface area contributed by atoms with Crippen molar-refractivity contribution in [3.05, 3.63) is 23.0 Å². The van der Waals surface area contributed by atoms with Crippen molar-refractivity contribution >= 4 is 0 Å². The van der Waals surface area contributed by atoms with E-state index < -0.39 is 0 Å². The Morgan fingerprint density at radius 3 is 2.67 bits per heavy atom. The Hall–Kier alpha value is -1.09. The molecule has 0 aromatic carbocycles. The molecule has 1 heterocycles. The van der Waals surface area contributed by atoms with Crippen LogP contribution in [0.2, 0.25) is 0 Å². The predicted molar refractivity (Wildman–Crippen MR) is 73.9 cm³/mol. The Labute approximate surface area is 110 Å². The summed E-state index contributed by atoms with van der Waals surface area (Å²) < 4.78 is 5.43. The summed E-state index contributed by atoms with van der Waals surface area (Å²) in [5.41, 5.74) is 3.87. The van der Waals surface area contributed by atoms with Gasteiger partial charge in [0.2, 0.25) is 0 Å². The molecule has 0 atom stereocenters. The summed E-state index contributed by atoms with van der Waals surface area (Å²) >= 11 is 0. The maximum absolute atomic E-state index is 5.43. The molecule has 1 aromatic rings. The lowest BCUT2D eigenvalue weighted by atomic mass is 9.70. The molecule has 1 aromatic heterocycles. The summed E-state index contributed by atoms with van der Waals surface area (Å²) in [5.74, 6) is 0.969. The highest BCUT2D eigenvalue weighted by Crippen LogP contribution is 2.39. The van der Waals surface area contributed by atoms with E-state index in [-0.39, 0.29) is 0 Å². The molecule has 0 spiro atoms. The number of ether oxygens (including phenoxy) is 1. The Balaban J connectivity index is 1.97. The molecular formula is C15H24N2O. The molecular weight excluding hydrogens is 224 g/mol. The molecule has 18 heavy (non-hydrogen) atoms. The number of methoxy groups -OCH3 is 1. The number of rotatable bonds is 5. The molecule has 0 unspecified atom stereocenters. The third kappa shape index (κ3) is 2.66. The van der Waals surface area contributed by atoms with Crippen LogP contribution < -0.4 is 10.1 Å². The number of nitrogens with zero attached hydrogens (tertiary/aromatic N) is 1. The van der Waals surface area contributed by atoms with E-state index in [9.17, 15) is 0 Å². The highest BCUT2D eigenvalue weighted by atomic mass is 16.5. The lowest BCUT2D eigenvalue weighted by Crippen LogP contribution is -2.37. The monoisotopic (exact) mass is 248 g/mol. The smallest absolute Gasteiger partial charge is 0.128 e. The third-order valence-electron chi connectivity index (χ3n) is 4.15. The van der Waals surface area contributed by atoms with E-state index in [4.69, 9.17) is 4.74 Å². The van der Waals surface area contributed by atoms with E-state index in [1.807, 2.05) is 13.1 Å². The van der Waals surface area contributed by atoms with Gasteiger partial charge < -0.3 is 10.1 Å². The molecule has 1 saturated carbocycles. The lowest BCUT2D eigenvalue weighted by Gasteiger charge is -2.38. The number of aryl methyl sites for hydroxylation is 1. The van der Waals surface area contributed by atoms with Crippen molar-refractivity contribution in [1.82, 2.24) is 10.3 Å². The van der Waals surface area contributed by atoms with Gasteiger partial charge in [0.05, 0.1) is 12.8 Å². The fourth-order valence-electron chi connectivity index (χ4n) is 2.69. The molecule has 0 saturated heterocycles. The maximum Gasteiger partial charge on any atom is 0.128 e. The van der Waals surface area contributed by atoms with Gasteiger partial charge in [-0.1, -0.05) is 13.3 Å². The van der Waals surface area contributed by atoms with Crippen LogP contribution in [0.4, 0.5) is 0 Å². The summed E-state index contributed by atoms with van der Waals surface area (Å²) in [6.07, 6.45) is 5.98. The van der Waals surface area contributed by atoms with E-state index in [0.29, 0.717) is 5.41 Å². The summed E-state index contributed by atoms with van der Waals surface area (Å²) in [5, 5.41) is 3.54. The second kappa shape index (κ2) is 5.27. The molecule has 2 rings (SSSR count). The van der Waals surface area contributed by atoms with Crippen LogP contribution in [0, 0.1) is 19.3 Å².